The fourth-order valence-corrected chi connectivity index (χ4v) is 1.96. The topological polar surface area (TPSA) is 75.2 Å². The monoisotopic (exact) mass is 248 g/mol. The van der Waals surface area contributed by atoms with Crippen LogP contribution in [-0.2, 0) is 16.1 Å². The van der Waals surface area contributed by atoms with E-state index in [4.69, 9.17) is 0 Å². The largest absolute Gasteiger partial charge is 0.343 e. The molecule has 18 heavy (non-hydrogen) atoms. The Morgan fingerprint density at radius 2 is 2.11 bits per heavy atom. The second-order valence-corrected chi connectivity index (χ2v) is 4.47. The summed E-state index contributed by atoms with van der Waals surface area (Å²) in [5.74, 6) is 0.438. The molecule has 96 valence electrons. The molecule has 1 fully saturated rings. The van der Waals surface area contributed by atoms with Gasteiger partial charge >= 0.3 is 0 Å². The molecule has 2 unspecified atom stereocenters. The predicted octanol–water partition coefficient (Wildman–Crippen LogP) is 0.0204. The number of carbonyl (C=O) groups is 2. The van der Waals surface area contributed by atoms with Crippen LogP contribution < -0.4 is 5.32 Å². The molecular formula is C12H16N4O2. The Morgan fingerprint density at radius 1 is 1.39 bits per heavy atom. The van der Waals surface area contributed by atoms with E-state index in [-0.39, 0.29) is 11.8 Å². The number of amides is 2. The molecule has 1 aromatic rings. The van der Waals surface area contributed by atoms with E-state index in [0.29, 0.717) is 12.4 Å². The van der Waals surface area contributed by atoms with Crippen LogP contribution in [0.1, 0.15) is 25.4 Å². The number of hydrogen-bond acceptors (Lipinski definition) is 4. The molecule has 0 aliphatic carbocycles. The maximum absolute atomic E-state index is 12.0. The van der Waals surface area contributed by atoms with E-state index in [1.165, 1.54) is 0 Å². The van der Waals surface area contributed by atoms with Crippen LogP contribution in [-0.4, -0.2) is 38.8 Å². The van der Waals surface area contributed by atoms with Gasteiger partial charge < -0.3 is 10.2 Å². The van der Waals surface area contributed by atoms with Crippen LogP contribution in [0.5, 0.6) is 0 Å². The number of hydrogen-bond donors (Lipinski definition) is 1. The molecule has 0 spiro atoms. The summed E-state index contributed by atoms with van der Waals surface area (Å²) in [7, 11) is 0. The summed E-state index contributed by atoms with van der Waals surface area (Å²) in [4.78, 5) is 33.5. The maximum atomic E-state index is 12.0. The Kier molecular flexibility index (Phi) is 3.27. The fraction of sp³-hybridized carbons (Fsp3) is 0.500. The zero-order chi connectivity index (χ0) is 13.3. The smallest absolute Gasteiger partial charge is 0.245 e. The van der Waals surface area contributed by atoms with Gasteiger partial charge in [0.15, 0.2) is 0 Å². The first-order valence-corrected chi connectivity index (χ1v) is 5.88. The third kappa shape index (κ3) is 2.32. The zero-order valence-electron chi connectivity index (χ0n) is 10.7. The van der Waals surface area contributed by atoms with Crippen molar-refractivity contribution in [2.24, 2.45) is 0 Å². The van der Waals surface area contributed by atoms with E-state index in [9.17, 15) is 9.59 Å². The number of rotatable bonds is 2. The highest BCUT2D eigenvalue weighted by Gasteiger charge is 2.35. The molecule has 0 aromatic carbocycles. The Morgan fingerprint density at radius 3 is 2.78 bits per heavy atom. The highest BCUT2D eigenvalue weighted by atomic mass is 16.2. The highest BCUT2D eigenvalue weighted by Crippen LogP contribution is 2.13. The summed E-state index contributed by atoms with van der Waals surface area (Å²) >= 11 is 0. The number of nitrogens with zero attached hydrogens (tertiary/aromatic N) is 3. The Bertz CT molecular complexity index is 489. The molecule has 2 amide bonds. The number of aryl methyl sites for hydroxylation is 1. The second-order valence-electron chi connectivity index (χ2n) is 4.47. The van der Waals surface area contributed by atoms with Crippen molar-refractivity contribution in [3.63, 3.8) is 0 Å². The van der Waals surface area contributed by atoms with Crippen LogP contribution in [0.3, 0.4) is 0 Å². The number of aromatic nitrogens is 2. The molecule has 0 bridgehead atoms. The number of carbonyl (C=O) groups excluding carboxylic acids is 2. The average molecular weight is 248 g/mol. The molecule has 2 rings (SSSR count). The van der Waals surface area contributed by atoms with Gasteiger partial charge in [-0.2, -0.15) is 0 Å². The van der Waals surface area contributed by atoms with Gasteiger partial charge in [-0.15, -0.1) is 0 Å². The lowest BCUT2D eigenvalue weighted by atomic mass is 10.1. The standard InChI is InChI=1S/C12H16N4O2/c1-7-12(18)16(8(2)11(17)14-7)6-10-4-5-13-9(3)15-10/h4-5,7-8H,6H2,1-3H3,(H,14,17). The highest BCUT2D eigenvalue weighted by molar-refractivity contribution is 5.96. The first-order valence-electron chi connectivity index (χ1n) is 5.88. The van der Waals surface area contributed by atoms with Crippen molar-refractivity contribution in [1.29, 1.82) is 0 Å². The van der Waals surface area contributed by atoms with Crippen molar-refractivity contribution >= 4 is 11.8 Å². The van der Waals surface area contributed by atoms with Crippen LogP contribution in [0.25, 0.3) is 0 Å². The van der Waals surface area contributed by atoms with Crippen molar-refractivity contribution in [1.82, 2.24) is 20.2 Å². The minimum Gasteiger partial charge on any atom is -0.343 e. The predicted molar refractivity (Wildman–Crippen MR) is 64.4 cm³/mol. The van der Waals surface area contributed by atoms with Crippen molar-refractivity contribution in [3.05, 3.63) is 23.8 Å². The van der Waals surface area contributed by atoms with Crippen LogP contribution in [0, 0.1) is 6.92 Å². The molecule has 0 radical (unpaired) electrons. The number of nitrogens with one attached hydrogen (secondary N) is 1. The molecule has 1 saturated heterocycles. The van der Waals surface area contributed by atoms with E-state index < -0.39 is 12.1 Å². The maximum Gasteiger partial charge on any atom is 0.245 e. The van der Waals surface area contributed by atoms with Gasteiger partial charge in [0.2, 0.25) is 11.8 Å². The van der Waals surface area contributed by atoms with Crippen molar-refractivity contribution < 1.29 is 9.59 Å². The van der Waals surface area contributed by atoms with E-state index in [2.05, 4.69) is 15.3 Å². The number of piperazine rings is 1. The SMILES string of the molecule is Cc1nccc(CN2C(=O)C(C)NC(=O)C2C)n1. The molecule has 0 saturated carbocycles. The van der Waals surface area contributed by atoms with Crippen LogP contribution >= 0.6 is 0 Å². The van der Waals surface area contributed by atoms with Gasteiger partial charge in [0, 0.05) is 6.20 Å². The molecule has 1 aliphatic heterocycles. The molecule has 1 N–H and O–H groups in total. The van der Waals surface area contributed by atoms with Gasteiger partial charge in [-0.25, -0.2) is 9.97 Å². The summed E-state index contributed by atoms with van der Waals surface area (Å²) in [6.45, 7) is 5.53. The van der Waals surface area contributed by atoms with Crippen LogP contribution in [0.4, 0.5) is 0 Å². The lowest BCUT2D eigenvalue weighted by molar-refractivity contribution is -0.148. The van der Waals surface area contributed by atoms with Gasteiger partial charge in [-0.3, -0.25) is 9.59 Å². The normalized spacial score (nSPS) is 24.1. The van der Waals surface area contributed by atoms with Gasteiger partial charge in [-0.1, -0.05) is 0 Å². The first-order chi connectivity index (χ1) is 8.49. The average Bonchev–Trinajstić information content (AvgIpc) is 2.32. The first kappa shape index (κ1) is 12.5. The lowest BCUT2D eigenvalue weighted by Gasteiger charge is -2.35. The minimum atomic E-state index is -0.475. The Hall–Kier alpha value is -1.98. The summed E-state index contributed by atoms with van der Waals surface area (Å²) in [5, 5.41) is 2.64. The quantitative estimate of drug-likeness (QED) is 0.800. The molecule has 1 aromatic heterocycles. The molecule has 1 aliphatic rings. The molecule has 6 heteroatoms. The van der Waals surface area contributed by atoms with E-state index in [1.807, 2.05) is 0 Å². The van der Waals surface area contributed by atoms with Crippen molar-refractivity contribution in [2.45, 2.75) is 39.4 Å². The molecule has 6 nitrogen and oxygen atoms in total. The summed E-state index contributed by atoms with van der Waals surface area (Å²) < 4.78 is 0. The van der Waals surface area contributed by atoms with Gasteiger partial charge in [0.1, 0.15) is 17.9 Å². The van der Waals surface area contributed by atoms with E-state index in [0.717, 1.165) is 5.69 Å². The minimum absolute atomic E-state index is 0.0848. The van der Waals surface area contributed by atoms with Gasteiger partial charge in [0.05, 0.1) is 12.2 Å². The third-order valence-electron chi connectivity index (χ3n) is 3.03. The second kappa shape index (κ2) is 4.72. The van der Waals surface area contributed by atoms with Crippen molar-refractivity contribution in [3.8, 4) is 0 Å². The summed E-state index contributed by atoms with van der Waals surface area (Å²) in [6.07, 6.45) is 1.65. The third-order valence-corrected chi connectivity index (χ3v) is 3.03. The molecule has 2 heterocycles. The van der Waals surface area contributed by atoms with Crippen LogP contribution in [0.2, 0.25) is 0 Å². The lowest BCUT2D eigenvalue weighted by Crippen LogP contribution is -2.61. The zero-order valence-corrected chi connectivity index (χ0v) is 10.7. The van der Waals surface area contributed by atoms with Gasteiger partial charge in [-0.05, 0) is 26.8 Å². The summed E-state index contributed by atoms with van der Waals surface area (Å²) in [5.41, 5.74) is 0.740. The van der Waals surface area contributed by atoms with E-state index in [1.54, 1.807) is 37.9 Å². The fourth-order valence-electron chi connectivity index (χ4n) is 1.96. The Labute approximate surface area is 105 Å². The Balaban J connectivity index is 2.20. The van der Waals surface area contributed by atoms with Crippen LogP contribution in [0.15, 0.2) is 12.3 Å². The van der Waals surface area contributed by atoms with E-state index >= 15 is 0 Å². The van der Waals surface area contributed by atoms with Gasteiger partial charge in [0.25, 0.3) is 0 Å². The molecule has 2 atom stereocenters. The van der Waals surface area contributed by atoms with Crippen molar-refractivity contribution in [2.75, 3.05) is 0 Å². The summed E-state index contributed by atoms with van der Waals surface area (Å²) in [6, 6.07) is 0.810. The molecular weight excluding hydrogens is 232 g/mol.